The van der Waals surface area contributed by atoms with Crippen LogP contribution in [0.25, 0.3) is 0 Å². The fourth-order valence-corrected chi connectivity index (χ4v) is 1.51. The van der Waals surface area contributed by atoms with Crippen LogP contribution in [0, 0.1) is 19.8 Å². The first kappa shape index (κ1) is 14.0. The molecule has 0 aliphatic heterocycles. The highest BCUT2D eigenvalue weighted by molar-refractivity contribution is 5.90. The summed E-state index contributed by atoms with van der Waals surface area (Å²) in [4.78, 5) is 22.4. The van der Waals surface area contributed by atoms with E-state index in [1.807, 2.05) is 0 Å². The van der Waals surface area contributed by atoms with Crippen molar-refractivity contribution < 1.29 is 14.7 Å². The number of carbonyl (C=O) groups is 2. The molecular formula is C11H18N4O3. The summed E-state index contributed by atoms with van der Waals surface area (Å²) >= 11 is 0. The van der Waals surface area contributed by atoms with Crippen LogP contribution in [0.15, 0.2) is 0 Å². The highest BCUT2D eigenvalue weighted by Crippen LogP contribution is 2.15. The Morgan fingerprint density at radius 1 is 1.44 bits per heavy atom. The molecule has 0 spiro atoms. The van der Waals surface area contributed by atoms with E-state index in [1.165, 1.54) is 0 Å². The second kappa shape index (κ2) is 6.04. The molecule has 0 aromatic carbocycles. The summed E-state index contributed by atoms with van der Waals surface area (Å²) in [5.74, 6) is -1.48. The van der Waals surface area contributed by atoms with Crippen LogP contribution in [0.2, 0.25) is 0 Å². The van der Waals surface area contributed by atoms with E-state index in [1.54, 1.807) is 20.8 Å². The van der Waals surface area contributed by atoms with E-state index in [0.29, 0.717) is 17.8 Å². The van der Waals surface area contributed by atoms with Gasteiger partial charge in [0, 0.05) is 6.54 Å². The highest BCUT2D eigenvalue weighted by Gasteiger charge is 2.16. The van der Waals surface area contributed by atoms with Crippen molar-refractivity contribution in [3.8, 4) is 0 Å². The third-order valence-electron chi connectivity index (χ3n) is 2.72. The number of aromatic amines is 1. The lowest BCUT2D eigenvalue weighted by molar-refractivity contribution is -0.141. The lowest BCUT2D eigenvalue weighted by Crippen LogP contribution is -2.35. The van der Waals surface area contributed by atoms with Crippen LogP contribution in [0.5, 0.6) is 0 Å². The molecule has 0 fully saturated rings. The normalized spacial score (nSPS) is 11.9. The molecule has 7 nitrogen and oxygen atoms in total. The summed E-state index contributed by atoms with van der Waals surface area (Å²) < 4.78 is 0. The Morgan fingerprint density at radius 2 is 2.11 bits per heavy atom. The van der Waals surface area contributed by atoms with E-state index in [2.05, 4.69) is 20.8 Å². The molecule has 7 heteroatoms. The molecule has 0 saturated carbocycles. The van der Waals surface area contributed by atoms with Crippen molar-refractivity contribution in [1.29, 1.82) is 0 Å². The molecule has 1 aromatic rings. The van der Waals surface area contributed by atoms with Gasteiger partial charge in [-0.1, -0.05) is 6.92 Å². The van der Waals surface area contributed by atoms with Gasteiger partial charge in [0.15, 0.2) is 0 Å². The summed E-state index contributed by atoms with van der Waals surface area (Å²) in [6.45, 7) is 5.43. The molecule has 0 radical (unpaired) electrons. The van der Waals surface area contributed by atoms with Gasteiger partial charge in [-0.25, -0.2) is 4.79 Å². The van der Waals surface area contributed by atoms with Crippen molar-refractivity contribution >= 4 is 17.7 Å². The van der Waals surface area contributed by atoms with Gasteiger partial charge >= 0.3 is 12.0 Å². The number of hydrogen-bond acceptors (Lipinski definition) is 3. The first-order chi connectivity index (χ1) is 8.45. The molecule has 100 valence electrons. The van der Waals surface area contributed by atoms with Crippen molar-refractivity contribution in [3.05, 3.63) is 11.4 Å². The molecule has 0 bridgehead atoms. The number of rotatable bonds is 5. The fourth-order valence-electron chi connectivity index (χ4n) is 1.51. The first-order valence-electron chi connectivity index (χ1n) is 5.74. The van der Waals surface area contributed by atoms with E-state index in [0.717, 1.165) is 5.69 Å². The zero-order chi connectivity index (χ0) is 13.7. The number of H-pyrrole nitrogens is 1. The quantitative estimate of drug-likeness (QED) is 0.634. The number of carbonyl (C=O) groups excluding carboxylic acids is 1. The van der Waals surface area contributed by atoms with Gasteiger partial charge in [-0.05, 0) is 20.3 Å². The highest BCUT2D eigenvalue weighted by atomic mass is 16.4. The van der Waals surface area contributed by atoms with Crippen molar-refractivity contribution in [3.63, 3.8) is 0 Å². The molecule has 1 rings (SSSR count). The Hall–Kier alpha value is -2.05. The number of anilines is 1. The number of aromatic nitrogens is 2. The Morgan fingerprint density at radius 3 is 2.56 bits per heavy atom. The fraction of sp³-hybridized carbons (Fsp3) is 0.545. The van der Waals surface area contributed by atoms with Gasteiger partial charge in [-0.3, -0.25) is 9.89 Å². The Balaban J connectivity index is 2.50. The van der Waals surface area contributed by atoms with Crippen LogP contribution in [0.1, 0.15) is 24.7 Å². The molecule has 0 saturated heterocycles. The van der Waals surface area contributed by atoms with Gasteiger partial charge < -0.3 is 15.7 Å². The molecule has 2 amide bonds. The lowest BCUT2D eigenvalue weighted by atomic mass is 10.1. The molecule has 18 heavy (non-hydrogen) atoms. The summed E-state index contributed by atoms with van der Waals surface area (Å²) in [7, 11) is 0. The average Bonchev–Trinajstić information content (AvgIpc) is 2.61. The second-order valence-corrected chi connectivity index (χ2v) is 4.09. The van der Waals surface area contributed by atoms with Crippen LogP contribution < -0.4 is 10.6 Å². The molecule has 0 aliphatic carbocycles. The summed E-state index contributed by atoms with van der Waals surface area (Å²) in [5, 5.41) is 20.7. The van der Waals surface area contributed by atoms with E-state index < -0.39 is 17.9 Å². The maximum atomic E-state index is 11.6. The third-order valence-corrected chi connectivity index (χ3v) is 2.72. The summed E-state index contributed by atoms with van der Waals surface area (Å²) in [6.07, 6.45) is 0.472. The summed E-state index contributed by atoms with van der Waals surface area (Å²) in [5.41, 5.74) is 2.07. The number of aliphatic carboxylic acids is 1. The van der Waals surface area contributed by atoms with Crippen LogP contribution in [-0.4, -0.2) is 33.8 Å². The number of carboxylic acids is 1. The monoisotopic (exact) mass is 254 g/mol. The summed E-state index contributed by atoms with van der Waals surface area (Å²) in [6, 6.07) is -0.428. The lowest BCUT2D eigenvalue weighted by Gasteiger charge is -2.12. The second-order valence-electron chi connectivity index (χ2n) is 4.09. The topological polar surface area (TPSA) is 107 Å². The molecule has 1 heterocycles. The predicted octanol–water partition coefficient (Wildman–Crippen LogP) is 1.26. The van der Waals surface area contributed by atoms with Gasteiger partial charge in [0.1, 0.15) is 0 Å². The van der Waals surface area contributed by atoms with Crippen molar-refractivity contribution in [2.24, 2.45) is 5.92 Å². The van der Waals surface area contributed by atoms with Crippen LogP contribution in [-0.2, 0) is 4.79 Å². The zero-order valence-electron chi connectivity index (χ0n) is 10.7. The van der Waals surface area contributed by atoms with Crippen molar-refractivity contribution in [1.82, 2.24) is 15.5 Å². The van der Waals surface area contributed by atoms with E-state index in [9.17, 15) is 9.59 Å². The maximum Gasteiger partial charge on any atom is 0.319 e. The van der Waals surface area contributed by atoms with Crippen LogP contribution in [0.4, 0.5) is 10.5 Å². The third kappa shape index (κ3) is 3.47. The number of amides is 2. The van der Waals surface area contributed by atoms with E-state index >= 15 is 0 Å². The average molecular weight is 254 g/mol. The number of nitrogens with one attached hydrogen (secondary N) is 3. The predicted molar refractivity (Wildman–Crippen MR) is 66.5 cm³/mol. The minimum Gasteiger partial charge on any atom is -0.481 e. The molecule has 1 atom stereocenters. The Bertz CT molecular complexity index is 422. The molecule has 1 aromatic heterocycles. The Kier molecular flexibility index (Phi) is 4.70. The van der Waals surface area contributed by atoms with Gasteiger partial charge in [-0.15, -0.1) is 0 Å². The minimum atomic E-state index is -0.909. The van der Waals surface area contributed by atoms with Gasteiger partial charge in [-0.2, -0.15) is 5.10 Å². The van der Waals surface area contributed by atoms with Gasteiger partial charge in [0.2, 0.25) is 0 Å². The number of hydrogen-bond donors (Lipinski definition) is 4. The van der Waals surface area contributed by atoms with Crippen molar-refractivity contribution in [2.45, 2.75) is 27.2 Å². The smallest absolute Gasteiger partial charge is 0.319 e. The minimum absolute atomic E-state index is 0.105. The Labute approximate surface area is 105 Å². The SMILES string of the molecule is CCC(CNC(=O)Nc1c(C)n[nH]c1C)C(=O)O. The van der Waals surface area contributed by atoms with Crippen molar-refractivity contribution in [2.75, 3.05) is 11.9 Å². The molecule has 1 unspecified atom stereocenters. The van der Waals surface area contributed by atoms with Gasteiger partial charge in [0.25, 0.3) is 0 Å². The number of urea groups is 1. The van der Waals surface area contributed by atoms with Gasteiger partial charge in [0.05, 0.1) is 23.0 Å². The zero-order valence-corrected chi connectivity index (χ0v) is 10.7. The number of aryl methyl sites for hydroxylation is 2. The first-order valence-corrected chi connectivity index (χ1v) is 5.74. The van der Waals surface area contributed by atoms with Crippen LogP contribution in [0.3, 0.4) is 0 Å². The largest absolute Gasteiger partial charge is 0.481 e. The standard InChI is InChI=1S/C11H18N4O3/c1-4-8(10(16)17)5-12-11(18)13-9-6(2)14-15-7(9)3/h8H,4-5H2,1-3H3,(H,14,15)(H,16,17)(H2,12,13,18). The van der Waals surface area contributed by atoms with Crippen LogP contribution >= 0.6 is 0 Å². The number of nitrogens with zero attached hydrogens (tertiary/aromatic N) is 1. The maximum absolute atomic E-state index is 11.6. The molecule has 4 N–H and O–H groups in total. The number of carboxylic acid groups (broad SMARTS) is 1. The molecular weight excluding hydrogens is 236 g/mol. The van der Waals surface area contributed by atoms with E-state index in [4.69, 9.17) is 5.11 Å². The molecule has 0 aliphatic rings. The van der Waals surface area contributed by atoms with E-state index in [-0.39, 0.29) is 6.54 Å².